The van der Waals surface area contributed by atoms with E-state index in [2.05, 4.69) is 0 Å². The molecule has 0 N–H and O–H groups in total. The van der Waals surface area contributed by atoms with E-state index in [4.69, 9.17) is 9.47 Å². The second-order valence-corrected chi connectivity index (χ2v) is 8.21. The largest absolute Gasteiger partial charge is 0.466 e. The molecule has 0 spiro atoms. The normalized spacial score (nSPS) is 21.4. The van der Waals surface area contributed by atoms with Crippen LogP contribution in [0.3, 0.4) is 0 Å². The summed E-state index contributed by atoms with van der Waals surface area (Å²) in [4.78, 5) is 42.3. The highest BCUT2D eigenvalue weighted by Crippen LogP contribution is 2.37. The van der Waals surface area contributed by atoms with Crippen molar-refractivity contribution in [1.82, 2.24) is 9.80 Å². The van der Waals surface area contributed by atoms with Crippen LogP contribution in [0.4, 0.5) is 4.39 Å². The Morgan fingerprint density at radius 1 is 1.25 bits per heavy atom. The number of benzene rings is 1. The van der Waals surface area contributed by atoms with Crippen LogP contribution in [-0.4, -0.2) is 67.4 Å². The number of likely N-dealkylation sites (tertiary alicyclic amines) is 1. The molecule has 1 aromatic rings. The third kappa shape index (κ3) is 5.24. The van der Waals surface area contributed by atoms with Crippen LogP contribution in [0.25, 0.3) is 0 Å². The molecule has 0 saturated carbocycles. The predicted octanol–water partition coefficient (Wildman–Crippen LogP) is 2.72. The first-order chi connectivity index (χ1) is 15.4. The summed E-state index contributed by atoms with van der Waals surface area (Å²) in [6.45, 7) is 5.52. The Morgan fingerprint density at radius 3 is 2.59 bits per heavy atom. The number of hydrogen-bond donors (Lipinski definition) is 0. The first kappa shape index (κ1) is 24.1. The summed E-state index contributed by atoms with van der Waals surface area (Å²) in [6, 6.07) is 5.43. The van der Waals surface area contributed by atoms with E-state index in [1.807, 2.05) is 4.90 Å². The lowest BCUT2D eigenvalue weighted by Gasteiger charge is -2.42. The van der Waals surface area contributed by atoms with Gasteiger partial charge in [0.05, 0.1) is 25.2 Å². The zero-order valence-electron chi connectivity index (χ0n) is 18.9. The Morgan fingerprint density at radius 2 is 1.97 bits per heavy atom. The second kappa shape index (κ2) is 10.8. The van der Waals surface area contributed by atoms with Crippen LogP contribution in [0.1, 0.15) is 38.3 Å². The highest BCUT2D eigenvalue weighted by Gasteiger charge is 2.44. The van der Waals surface area contributed by atoms with Crippen LogP contribution in [0.2, 0.25) is 0 Å². The van der Waals surface area contributed by atoms with E-state index in [0.717, 1.165) is 0 Å². The zero-order valence-corrected chi connectivity index (χ0v) is 18.9. The number of esters is 1. The topological polar surface area (TPSA) is 76.2 Å². The van der Waals surface area contributed by atoms with Gasteiger partial charge in [0.1, 0.15) is 11.7 Å². The number of nitrogens with zero attached hydrogens (tertiary/aromatic N) is 2. The van der Waals surface area contributed by atoms with Gasteiger partial charge in [0.15, 0.2) is 5.78 Å². The lowest BCUT2D eigenvalue weighted by atomic mass is 9.83. The summed E-state index contributed by atoms with van der Waals surface area (Å²) in [5.74, 6) is -2.44. The fraction of sp³-hybridized carbons (Fsp3) is 0.542. The minimum atomic E-state index is -0.989. The molecule has 2 heterocycles. The zero-order chi connectivity index (χ0) is 23.3. The van der Waals surface area contributed by atoms with Crippen molar-refractivity contribution >= 4 is 17.7 Å². The standard InChI is InChI=1S/C24H31FN2O5/c1-4-32-24(30)17-8-10-26(11-9-17)22(18-6-5-7-19(25)15-18)21-20(28)14-16(2)27(23(21)29)12-13-31-3/h5-7,14-15,17,21-22H,4,8-13H2,1-3H3. The quantitative estimate of drug-likeness (QED) is 0.452. The molecular weight excluding hydrogens is 415 g/mol. The minimum Gasteiger partial charge on any atom is -0.466 e. The fourth-order valence-electron chi connectivity index (χ4n) is 4.57. The molecular formula is C24H31FN2O5. The van der Waals surface area contributed by atoms with Gasteiger partial charge in [0.2, 0.25) is 5.91 Å². The summed E-state index contributed by atoms with van der Waals surface area (Å²) >= 11 is 0. The van der Waals surface area contributed by atoms with Crippen molar-refractivity contribution in [2.24, 2.45) is 11.8 Å². The van der Waals surface area contributed by atoms with Crippen molar-refractivity contribution in [3.63, 3.8) is 0 Å². The average Bonchev–Trinajstić information content (AvgIpc) is 2.77. The third-order valence-corrected chi connectivity index (χ3v) is 6.18. The molecule has 3 rings (SSSR count). The molecule has 0 bridgehead atoms. The van der Waals surface area contributed by atoms with Crippen LogP contribution in [0.15, 0.2) is 36.0 Å². The number of methoxy groups -OCH3 is 1. The van der Waals surface area contributed by atoms with Gasteiger partial charge in [-0.3, -0.25) is 19.3 Å². The van der Waals surface area contributed by atoms with Gasteiger partial charge < -0.3 is 14.4 Å². The Hall–Kier alpha value is -2.58. The number of carbonyl (C=O) groups is 3. The molecule has 7 nitrogen and oxygen atoms in total. The molecule has 32 heavy (non-hydrogen) atoms. The Kier molecular flexibility index (Phi) is 8.15. The molecule has 174 valence electrons. The molecule has 8 heteroatoms. The van der Waals surface area contributed by atoms with Gasteiger partial charge >= 0.3 is 5.97 Å². The van der Waals surface area contributed by atoms with Gasteiger partial charge in [-0.15, -0.1) is 0 Å². The highest BCUT2D eigenvalue weighted by molar-refractivity contribution is 6.10. The molecule has 0 radical (unpaired) electrons. The minimum absolute atomic E-state index is 0.211. The molecule has 1 amide bonds. The summed E-state index contributed by atoms with van der Waals surface area (Å²) in [6.07, 6.45) is 2.60. The Balaban J connectivity index is 1.91. The molecule has 1 fully saturated rings. The van der Waals surface area contributed by atoms with Crippen LogP contribution in [0.5, 0.6) is 0 Å². The number of halogens is 1. The van der Waals surface area contributed by atoms with Crippen LogP contribution in [0, 0.1) is 17.7 Å². The lowest BCUT2D eigenvalue weighted by Crippen LogP contribution is -2.51. The van der Waals surface area contributed by atoms with E-state index in [0.29, 0.717) is 57.0 Å². The summed E-state index contributed by atoms with van der Waals surface area (Å²) in [7, 11) is 1.55. The van der Waals surface area contributed by atoms with Crippen LogP contribution < -0.4 is 0 Å². The van der Waals surface area contributed by atoms with Gasteiger partial charge in [0, 0.05) is 25.4 Å². The van der Waals surface area contributed by atoms with E-state index in [9.17, 15) is 18.8 Å². The van der Waals surface area contributed by atoms with Gasteiger partial charge in [-0.05, 0) is 57.5 Å². The molecule has 2 aliphatic rings. The van der Waals surface area contributed by atoms with Gasteiger partial charge in [-0.1, -0.05) is 12.1 Å². The summed E-state index contributed by atoms with van der Waals surface area (Å²) in [5.41, 5.74) is 1.15. The predicted molar refractivity (Wildman–Crippen MR) is 116 cm³/mol. The maximum absolute atomic E-state index is 14.1. The van der Waals surface area contributed by atoms with E-state index < -0.39 is 17.8 Å². The van der Waals surface area contributed by atoms with Gasteiger partial charge in [-0.25, -0.2) is 4.39 Å². The maximum Gasteiger partial charge on any atom is 0.309 e. The number of allylic oxidation sites excluding steroid dienone is 2. The van der Waals surface area contributed by atoms with Crippen molar-refractivity contribution < 1.29 is 28.2 Å². The SMILES string of the molecule is CCOC(=O)C1CCN(C(c2cccc(F)c2)C2C(=O)C=C(C)N(CCOC)C2=O)CC1. The smallest absolute Gasteiger partial charge is 0.309 e. The summed E-state index contributed by atoms with van der Waals surface area (Å²) < 4.78 is 24.4. The van der Waals surface area contributed by atoms with Crippen molar-refractivity contribution in [2.45, 2.75) is 32.7 Å². The van der Waals surface area contributed by atoms with Crippen molar-refractivity contribution in [3.8, 4) is 0 Å². The second-order valence-electron chi connectivity index (χ2n) is 8.21. The van der Waals surface area contributed by atoms with E-state index in [-0.39, 0.29) is 23.6 Å². The number of carbonyl (C=O) groups excluding carboxylic acids is 3. The number of amides is 1. The van der Waals surface area contributed by atoms with Crippen LogP contribution >= 0.6 is 0 Å². The molecule has 0 aromatic heterocycles. The first-order valence-corrected chi connectivity index (χ1v) is 11.1. The Bertz CT molecular complexity index is 879. The molecule has 1 saturated heterocycles. The number of ether oxygens (including phenoxy) is 2. The lowest BCUT2D eigenvalue weighted by molar-refractivity contribution is -0.151. The monoisotopic (exact) mass is 446 g/mol. The number of ketones is 1. The first-order valence-electron chi connectivity index (χ1n) is 11.1. The number of rotatable bonds is 8. The van der Waals surface area contributed by atoms with E-state index in [1.165, 1.54) is 18.2 Å². The van der Waals surface area contributed by atoms with Crippen LogP contribution in [-0.2, 0) is 23.9 Å². The molecule has 2 aliphatic heterocycles. The number of hydrogen-bond acceptors (Lipinski definition) is 6. The van der Waals surface area contributed by atoms with Crippen molar-refractivity contribution in [2.75, 3.05) is 40.0 Å². The van der Waals surface area contributed by atoms with Crippen molar-refractivity contribution in [1.29, 1.82) is 0 Å². The van der Waals surface area contributed by atoms with Crippen molar-refractivity contribution in [3.05, 3.63) is 47.4 Å². The molecule has 1 aromatic carbocycles. The van der Waals surface area contributed by atoms with Gasteiger partial charge in [0.25, 0.3) is 0 Å². The fourth-order valence-corrected chi connectivity index (χ4v) is 4.57. The molecule has 2 atom stereocenters. The van der Waals surface area contributed by atoms with Gasteiger partial charge in [-0.2, -0.15) is 0 Å². The Labute approximate surface area is 188 Å². The summed E-state index contributed by atoms with van der Waals surface area (Å²) in [5, 5.41) is 0. The average molecular weight is 447 g/mol. The van der Waals surface area contributed by atoms with E-state index >= 15 is 0 Å². The highest BCUT2D eigenvalue weighted by atomic mass is 19.1. The maximum atomic E-state index is 14.1. The molecule has 2 unspecified atom stereocenters. The third-order valence-electron chi connectivity index (χ3n) is 6.18. The van der Waals surface area contributed by atoms with E-state index in [1.54, 1.807) is 38.0 Å². The number of piperidine rings is 1. The molecule has 0 aliphatic carbocycles.